The van der Waals surface area contributed by atoms with Gasteiger partial charge in [0, 0.05) is 5.75 Å². The van der Waals surface area contributed by atoms with Crippen LogP contribution in [0.2, 0.25) is 0 Å². The van der Waals surface area contributed by atoms with Crippen molar-refractivity contribution in [2.45, 2.75) is 43.8 Å². The molecule has 1 aromatic carbocycles. The monoisotopic (exact) mass is 306 g/mol. The summed E-state index contributed by atoms with van der Waals surface area (Å²) in [4.78, 5) is 19.0. The van der Waals surface area contributed by atoms with Gasteiger partial charge in [-0.3, -0.25) is 4.79 Å². The standard InChI is InChI=1S/C15H22N4OS/c1-10-5-6-11-12(9-10)19-14(18-11)21-8-4-3-7-15(2,17)13(16)20/h5-6,9H,3-4,7-8,17H2,1-2H3,(H2,16,20)(H,18,19). The maximum Gasteiger partial charge on any atom is 0.237 e. The van der Waals surface area contributed by atoms with Crippen LogP contribution in [0.4, 0.5) is 0 Å². The number of nitrogens with one attached hydrogen (secondary N) is 1. The highest BCUT2D eigenvalue weighted by Gasteiger charge is 2.24. The Bertz CT molecular complexity index is 636. The Labute approximate surface area is 128 Å². The van der Waals surface area contributed by atoms with Gasteiger partial charge in [0.2, 0.25) is 5.91 Å². The Morgan fingerprint density at radius 3 is 2.90 bits per heavy atom. The molecule has 0 saturated heterocycles. The van der Waals surface area contributed by atoms with Crippen molar-refractivity contribution in [1.82, 2.24) is 9.97 Å². The molecule has 1 aromatic heterocycles. The molecule has 0 fully saturated rings. The van der Waals surface area contributed by atoms with Gasteiger partial charge in [0.05, 0.1) is 16.6 Å². The van der Waals surface area contributed by atoms with Crippen molar-refractivity contribution in [3.63, 3.8) is 0 Å². The fraction of sp³-hybridized carbons (Fsp3) is 0.467. The third-order valence-corrected chi connectivity index (χ3v) is 4.47. The van der Waals surface area contributed by atoms with E-state index in [4.69, 9.17) is 11.5 Å². The highest BCUT2D eigenvalue weighted by Crippen LogP contribution is 2.22. The van der Waals surface area contributed by atoms with Gasteiger partial charge in [-0.05, 0) is 44.4 Å². The fourth-order valence-electron chi connectivity index (χ4n) is 2.05. The van der Waals surface area contributed by atoms with Crippen molar-refractivity contribution in [2.24, 2.45) is 11.5 Å². The number of H-pyrrole nitrogens is 1. The van der Waals surface area contributed by atoms with E-state index in [1.165, 1.54) is 5.56 Å². The Hall–Kier alpha value is -1.53. The lowest BCUT2D eigenvalue weighted by Gasteiger charge is -2.19. The molecule has 1 unspecified atom stereocenters. The van der Waals surface area contributed by atoms with E-state index >= 15 is 0 Å². The van der Waals surface area contributed by atoms with E-state index in [0.29, 0.717) is 6.42 Å². The Balaban J connectivity index is 1.79. The fourth-order valence-corrected chi connectivity index (χ4v) is 2.94. The molecular formula is C15H22N4OS. The van der Waals surface area contributed by atoms with Gasteiger partial charge in [0.25, 0.3) is 0 Å². The van der Waals surface area contributed by atoms with Crippen LogP contribution >= 0.6 is 11.8 Å². The van der Waals surface area contributed by atoms with Crippen molar-refractivity contribution in [3.8, 4) is 0 Å². The number of fused-ring (bicyclic) bond motifs is 1. The van der Waals surface area contributed by atoms with E-state index < -0.39 is 11.4 Å². The second-order valence-corrected chi connectivity index (χ2v) is 6.73. The summed E-state index contributed by atoms with van der Waals surface area (Å²) in [7, 11) is 0. The highest BCUT2D eigenvalue weighted by atomic mass is 32.2. The summed E-state index contributed by atoms with van der Waals surface area (Å²) in [6.45, 7) is 3.75. The number of thioether (sulfide) groups is 1. The number of primary amides is 1. The van der Waals surface area contributed by atoms with Crippen LogP contribution < -0.4 is 11.5 Å². The summed E-state index contributed by atoms with van der Waals surface area (Å²) in [5, 5.41) is 0.931. The van der Waals surface area contributed by atoms with Crippen LogP contribution in [0.3, 0.4) is 0 Å². The largest absolute Gasteiger partial charge is 0.368 e. The number of hydrogen-bond donors (Lipinski definition) is 3. The molecule has 6 heteroatoms. The number of nitrogens with two attached hydrogens (primary N) is 2. The van der Waals surface area contributed by atoms with Gasteiger partial charge in [-0.25, -0.2) is 4.98 Å². The average molecular weight is 306 g/mol. The van der Waals surface area contributed by atoms with Gasteiger partial charge >= 0.3 is 0 Å². The van der Waals surface area contributed by atoms with Crippen LogP contribution in [-0.2, 0) is 4.79 Å². The van der Waals surface area contributed by atoms with E-state index in [-0.39, 0.29) is 0 Å². The van der Waals surface area contributed by atoms with Gasteiger partial charge in [-0.2, -0.15) is 0 Å². The summed E-state index contributed by atoms with van der Waals surface area (Å²) in [6, 6.07) is 6.18. The normalized spacial score (nSPS) is 14.2. The molecule has 2 rings (SSSR count). The number of carbonyl (C=O) groups excluding carboxylic acids is 1. The Morgan fingerprint density at radius 1 is 1.43 bits per heavy atom. The van der Waals surface area contributed by atoms with Gasteiger partial charge in [-0.15, -0.1) is 0 Å². The maximum atomic E-state index is 11.1. The summed E-state index contributed by atoms with van der Waals surface area (Å²) in [5.41, 5.74) is 13.4. The molecular weight excluding hydrogens is 284 g/mol. The van der Waals surface area contributed by atoms with Crippen LogP contribution in [0.5, 0.6) is 0 Å². The molecule has 0 aliphatic carbocycles. The lowest BCUT2D eigenvalue weighted by molar-refractivity contribution is -0.122. The molecule has 21 heavy (non-hydrogen) atoms. The average Bonchev–Trinajstić information content (AvgIpc) is 2.79. The first-order valence-electron chi connectivity index (χ1n) is 7.06. The first-order valence-corrected chi connectivity index (χ1v) is 8.05. The molecule has 1 amide bonds. The number of aromatic amines is 1. The highest BCUT2D eigenvalue weighted by molar-refractivity contribution is 7.99. The number of aromatic nitrogens is 2. The van der Waals surface area contributed by atoms with E-state index in [1.807, 2.05) is 6.07 Å². The molecule has 5 nitrogen and oxygen atoms in total. The van der Waals surface area contributed by atoms with Crippen molar-refractivity contribution >= 4 is 28.7 Å². The lowest BCUT2D eigenvalue weighted by atomic mass is 9.96. The molecule has 2 aromatic rings. The van der Waals surface area contributed by atoms with E-state index in [9.17, 15) is 4.79 Å². The van der Waals surface area contributed by atoms with Gasteiger partial charge in [-0.1, -0.05) is 24.2 Å². The number of hydrogen-bond acceptors (Lipinski definition) is 4. The quantitative estimate of drug-likeness (QED) is 0.540. The van der Waals surface area contributed by atoms with Crippen molar-refractivity contribution in [3.05, 3.63) is 23.8 Å². The number of imidazole rings is 1. The predicted octanol–water partition coefficient (Wildman–Crippen LogP) is 2.34. The van der Waals surface area contributed by atoms with Crippen molar-refractivity contribution in [2.75, 3.05) is 5.75 Å². The number of nitrogens with zero attached hydrogens (tertiary/aromatic N) is 1. The lowest BCUT2D eigenvalue weighted by Crippen LogP contribution is -2.49. The zero-order chi connectivity index (χ0) is 15.5. The topological polar surface area (TPSA) is 97.8 Å². The Morgan fingerprint density at radius 2 is 2.19 bits per heavy atom. The van der Waals surface area contributed by atoms with E-state index in [1.54, 1.807) is 18.7 Å². The van der Waals surface area contributed by atoms with E-state index in [2.05, 4.69) is 29.0 Å². The summed E-state index contributed by atoms with van der Waals surface area (Å²) < 4.78 is 0. The summed E-state index contributed by atoms with van der Waals surface area (Å²) in [6.07, 6.45) is 2.46. The summed E-state index contributed by atoms with van der Waals surface area (Å²) in [5.74, 6) is 0.496. The molecule has 0 aliphatic heterocycles. The number of carbonyl (C=O) groups is 1. The van der Waals surface area contributed by atoms with Gasteiger partial charge < -0.3 is 16.5 Å². The van der Waals surface area contributed by atoms with E-state index in [0.717, 1.165) is 34.8 Å². The molecule has 114 valence electrons. The molecule has 0 bridgehead atoms. The SMILES string of the molecule is Cc1ccc2nc(SCCCCC(C)(N)C(N)=O)[nH]c2c1. The number of unbranched alkanes of at least 4 members (excludes halogenated alkanes) is 1. The third kappa shape index (κ3) is 4.22. The molecule has 1 heterocycles. The first kappa shape index (κ1) is 15.9. The minimum atomic E-state index is -0.901. The Kier molecular flexibility index (Phi) is 4.90. The first-order chi connectivity index (χ1) is 9.88. The predicted molar refractivity (Wildman–Crippen MR) is 87.2 cm³/mol. The zero-order valence-corrected chi connectivity index (χ0v) is 13.3. The zero-order valence-electron chi connectivity index (χ0n) is 12.5. The van der Waals surface area contributed by atoms with Crippen molar-refractivity contribution in [1.29, 1.82) is 0 Å². The van der Waals surface area contributed by atoms with Crippen LogP contribution in [0.15, 0.2) is 23.4 Å². The number of rotatable bonds is 7. The van der Waals surface area contributed by atoms with Crippen molar-refractivity contribution < 1.29 is 4.79 Å². The minimum absolute atomic E-state index is 0.442. The van der Waals surface area contributed by atoms with Crippen LogP contribution in [0.25, 0.3) is 11.0 Å². The molecule has 1 atom stereocenters. The maximum absolute atomic E-state index is 11.1. The third-order valence-electron chi connectivity index (χ3n) is 3.51. The molecule has 0 aliphatic rings. The summed E-state index contributed by atoms with van der Waals surface area (Å²) >= 11 is 1.69. The second-order valence-electron chi connectivity index (χ2n) is 5.65. The number of amides is 1. The van der Waals surface area contributed by atoms with Crippen LogP contribution in [0.1, 0.15) is 31.7 Å². The molecule has 0 saturated carbocycles. The smallest absolute Gasteiger partial charge is 0.237 e. The second kappa shape index (κ2) is 6.49. The molecule has 5 N–H and O–H groups in total. The van der Waals surface area contributed by atoms with Gasteiger partial charge in [0.15, 0.2) is 5.16 Å². The minimum Gasteiger partial charge on any atom is -0.368 e. The van der Waals surface area contributed by atoms with Crippen LogP contribution in [-0.4, -0.2) is 27.2 Å². The molecule has 0 spiro atoms. The van der Waals surface area contributed by atoms with Crippen LogP contribution in [0, 0.1) is 6.92 Å². The number of aryl methyl sites for hydroxylation is 1. The van der Waals surface area contributed by atoms with Gasteiger partial charge in [0.1, 0.15) is 0 Å². The number of benzene rings is 1. The molecule has 0 radical (unpaired) electrons.